The van der Waals surface area contributed by atoms with E-state index in [2.05, 4.69) is 46.8 Å². The Hall–Kier alpha value is -1.11. The molecular weight excluding hydrogens is 196 g/mol. The van der Waals surface area contributed by atoms with Crippen molar-refractivity contribution in [2.45, 2.75) is 41.0 Å². The third-order valence-corrected chi connectivity index (χ3v) is 4.88. The Morgan fingerprint density at radius 3 is 2.38 bits per heavy atom. The van der Waals surface area contributed by atoms with Crippen molar-refractivity contribution in [2.24, 2.45) is 10.8 Å². The van der Waals surface area contributed by atoms with Crippen LogP contribution in [0.2, 0.25) is 0 Å². The van der Waals surface area contributed by atoms with Crippen LogP contribution in [0, 0.1) is 10.8 Å². The molecule has 0 unspecified atom stereocenters. The van der Waals surface area contributed by atoms with Crippen LogP contribution < -0.4 is 0 Å². The quantitative estimate of drug-likeness (QED) is 0.609. The highest BCUT2D eigenvalue weighted by Crippen LogP contribution is 2.60. The normalized spacial score (nSPS) is 26.1. The molecule has 16 heavy (non-hydrogen) atoms. The Kier molecular flexibility index (Phi) is 2.27. The molecule has 0 heterocycles. The second kappa shape index (κ2) is 3.19. The summed E-state index contributed by atoms with van der Waals surface area (Å²) in [4.78, 5) is 11.2. The molecule has 1 heteroatoms. The number of rotatable bonds is 1. The lowest BCUT2D eigenvalue weighted by molar-refractivity contribution is -0.105. The minimum atomic E-state index is 0.0490. The minimum absolute atomic E-state index is 0.0490. The molecule has 0 aromatic carbocycles. The molecule has 0 N–H and O–H groups in total. The maximum atomic E-state index is 11.2. The van der Waals surface area contributed by atoms with Crippen molar-refractivity contribution >= 4 is 6.29 Å². The minimum Gasteiger partial charge on any atom is -0.298 e. The molecule has 0 aliphatic heterocycles. The van der Waals surface area contributed by atoms with Gasteiger partial charge in [-0.3, -0.25) is 4.79 Å². The molecule has 1 nitrogen and oxygen atoms in total. The van der Waals surface area contributed by atoms with Gasteiger partial charge in [-0.25, -0.2) is 0 Å². The smallest absolute Gasteiger partial charge is 0.146 e. The molecule has 0 fully saturated rings. The fraction of sp³-hybridized carbons (Fsp3) is 0.533. The van der Waals surface area contributed by atoms with Crippen molar-refractivity contribution in [3.8, 4) is 0 Å². The predicted molar refractivity (Wildman–Crippen MR) is 67.1 cm³/mol. The molecule has 0 spiro atoms. The Morgan fingerprint density at radius 1 is 1.19 bits per heavy atom. The predicted octanol–water partition coefficient (Wildman–Crippen LogP) is 3.82. The zero-order valence-corrected chi connectivity index (χ0v) is 10.8. The molecule has 0 saturated carbocycles. The summed E-state index contributed by atoms with van der Waals surface area (Å²) in [5.41, 5.74) is 5.11. The number of carbonyl (C=O) groups excluding carboxylic acids is 1. The molecule has 0 bridgehead atoms. The summed E-state index contributed by atoms with van der Waals surface area (Å²) >= 11 is 0. The van der Waals surface area contributed by atoms with Crippen LogP contribution in [0.1, 0.15) is 41.0 Å². The average molecular weight is 216 g/mol. The first-order valence-electron chi connectivity index (χ1n) is 5.91. The van der Waals surface area contributed by atoms with E-state index in [0.717, 1.165) is 18.3 Å². The molecule has 0 aromatic rings. The third kappa shape index (κ3) is 1.15. The Bertz CT molecular complexity index is 442. The highest BCUT2D eigenvalue weighted by atomic mass is 16.1. The van der Waals surface area contributed by atoms with Crippen LogP contribution in [0.5, 0.6) is 0 Å². The van der Waals surface area contributed by atoms with Gasteiger partial charge in [0.1, 0.15) is 6.29 Å². The summed E-state index contributed by atoms with van der Waals surface area (Å²) in [5, 5.41) is 0. The molecule has 0 saturated heterocycles. The molecule has 0 radical (unpaired) electrons. The van der Waals surface area contributed by atoms with Crippen LogP contribution in [-0.2, 0) is 4.79 Å². The van der Waals surface area contributed by atoms with E-state index in [-0.39, 0.29) is 10.8 Å². The second-order valence-electron chi connectivity index (χ2n) is 5.91. The summed E-state index contributed by atoms with van der Waals surface area (Å²) in [7, 11) is 0. The van der Waals surface area contributed by atoms with Gasteiger partial charge in [0, 0.05) is 0 Å². The fourth-order valence-corrected chi connectivity index (χ4v) is 2.94. The Balaban J connectivity index is 2.75. The summed E-state index contributed by atoms with van der Waals surface area (Å²) in [5.74, 6) is 0. The van der Waals surface area contributed by atoms with Crippen LogP contribution in [0.25, 0.3) is 0 Å². The molecular formula is C15H20O. The van der Waals surface area contributed by atoms with Crippen molar-refractivity contribution < 1.29 is 4.79 Å². The molecule has 0 aromatic heterocycles. The molecule has 86 valence electrons. The van der Waals surface area contributed by atoms with Crippen molar-refractivity contribution in [2.75, 3.05) is 0 Å². The topological polar surface area (TPSA) is 17.1 Å². The monoisotopic (exact) mass is 216 g/mol. The van der Waals surface area contributed by atoms with E-state index < -0.39 is 0 Å². The van der Waals surface area contributed by atoms with Gasteiger partial charge in [-0.15, -0.1) is 0 Å². The second-order valence-corrected chi connectivity index (χ2v) is 5.91. The van der Waals surface area contributed by atoms with E-state index in [1.807, 2.05) is 0 Å². The maximum Gasteiger partial charge on any atom is 0.146 e. The van der Waals surface area contributed by atoms with Crippen LogP contribution >= 0.6 is 0 Å². The van der Waals surface area contributed by atoms with Crippen LogP contribution in [0.3, 0.4) is 0 Å². The molecule has 2 aliphatic carbocycles. The van der Waals surface area contributed by atoms with E-state index in [4.69, 9.17) is 0 Å². The van der Waals surface area contributed by atoms with E-state index >= 15 is 0 Å². The standard InChI is InChI=1S/C15H20O/c1-10-12-8-6-7-11(9-16)13(12)15(4,5)14(10,2)3/h6,8-9H,7H2,1-5H3. The van der Waals surface area contributed by atoms with E-state index in [9.17, 15) is 4.79 Å². The van der Waals surface area contributed by atoms with Gasteiger partial charge in [-0.05, 0) is 40.9 Å². The van der Waals surface area contributed by atoms with Gasteiger partial charge in [-0.1, -0.05) is 45.4 Å². The highest BCUT2D eigenvalue weighted by Gasteiger charge is 2.49. The maximum absolute atomic E-state index is 11.2. The number of hydrogen-bond acceptors (Lipinski definition) is 1. The van der Waals surface area contributed by atoms with Crippen molar-refractivity contribution in [1.82, 2.24) is 0 Å². The molecule has 0 atom stereocenters. The van der Waals surface area contributed by atoms with E-state index in [1.54, 1.807) is 0 Å². The Morgan fingerprint density at radius 2 is 1.81 bits per heavy atom. The van der Waals surface area contributed by atoms with Gasteiger partial charge in [0.15, 0.2) is 0 Å². The zero-order chi connectivity index (χ0) is 12.1. The van der Waals surface area contributed by atoms with Crippen LogP contribution in [-0.4, -0.2) is 6.29 Å². The van der Waals surface area contributed by atoms with Crippen molar-refractivity contribution in [3.63, 3.8) is 0 Å². The van der Waals surface area contributed by atoms with Crippen molar-refractivity contribution in [3.05, 3.63) is 34.4 Å². The summed E-state index contributed by atoms with van der Waals surface area (Å²) in [6.07, 6.45) is 6.11. The van der Waals surface area contributed by atoms with Gasteiger partial charge in [0.05, 0.1) is 0 Å². The van der Waals surface area contributed by atoms with Crippen molar-refractivity contribution in [1.29, 1.82) is 0 Å². The van der Waals surface area contributed by atoms with Gasteiger partial charge in [0.2, 0.25) is 0 Å². The van der Waals surface area contributed by atoms with Gasteiger partial charge >= 0.3 is 0 Å². The lowest BCUT2D eigenvalue weighted by atomic mass is 9.65. The lowest BCUT2D eigenvalue weighted by Gasteiger charge is -2.38. The SMILES string of the molecule is CC1=C2C=CCC(C=O)=C2C(C)(C)C1(C)C. The molecule has 2 aliphatic rings. The van der Waals surface area contributed by atoms with Gasteiger partial charge < -0.3 is 0 Å². The largest absolute Gasteiger partial charge is 0.298 e. The summed E-state index contributed by atoms with van der Waals surface area (Å²) in [6.45, 7) is 11.2. The zero-order valence-electron chi connectivity index (χ0n) is 10.8. The number of aldehydes is 1. The van der Waals surface area contributed by atoms with Crippen LogP contribution in [0.15, 0.2) is 34.4 Å². The summed E-state index contributed by atoms with van der Waals surface area (Å²) in [6, 6.07) is 0. The number of carbonyl (C=O) groups is 1. The fourth-order valence-electron chi connectivity index (χ4n) is 2.94. The third-order valence-electron chi connectivity index (χ3n) is 4.88. The number of hydrogen-bond donors (Lipinski definition) is 0. The first-order chi connectivity index (χ1) is 7.34. The van der Waals surface area contributed by atoms with E-state index in [0.29, 0.717) is 0 Å². The lowest BCUT2D eigenvalue weighted by Crippen LogP contribution is -2.31. The first kappa shape index (κ1) is 11.4. The molecule has 2 rings (SSSR count). The Labute approximate surface area is 97.9 Å². The molecule has 0 amide bonds. The van der Waals surface area contributed by atoms with E-state index in [1.165, 1.54) is 16.7 Å². The number of fused-ring (bicyclic) bond motifs is 1. The highest BCUT2D eigenvalue weighted by molar-refractivity contribution is 5.81. The first-order valence-corrected chi connectivity index (χ1v) is 5.91. The van der Waals surface area contributed by atoms with Gasteiger partial charge in [0.25, 0.3) is 0 Å². The summed E-state index contributed by atoms with van der Waals surface area (Å²) < 4.78 is 0. The van der Waals surface area contributed by atoms with Gasteiger partial charge in [-0.2, -0.15) is 0 Å². The number of allylic oxidation sites excluding steroid dienone is 6. The van der Waals surface area contributed by atoms with Crippen LogP contribution in [0.4, 0.5) is 0 Å². The average Bonchev–Trinajstić information content (AvgIpc) is 2.38.